The maximum absolute atomic E-state index is 4.18. The number of piperazine rings is 1. The SMILES string of the molecule is CC1CN(Cc2cncc(Br)c2)CCN1.Cl. The third-order valence-electron chi connectivity index (χ3n) is 2.62. The van der Waals surface area contributed by atoms with Crippen molar-refractivity contribution >= 4 is 28.3 Å². The summed E-state index contributed by atoms with van der Waals surface area (Å²) in [6.45, 7) is 6.55. The molecule has 90 valence electrons. The highest BCUT2D eigenvalue weighted by Gasteiger charge is 2.15. The van der Waals surface area contributed by atoms with Crippen LogP contribution in [0.2, 0.25) is 0 Å². The van der Waals surface area contributed by atoms with Crippen molar-refractivity contribution in [3.8, 4) is 0 Å². The van der Waals surface area contributed by atoms with Crippen molar-refractivity contribution in [1.29, 1.82) is 0 Å². The summed E-state index contributed by atoms with van der Waals surface area (Å²) < 4.78 is 1.06. The first-order valence-electron chi connectivity index (χ1n) is 5.29. The Morgan fingerprint density at radius 2 is 2.38 bits per heavy atom. The van der Waals surface area contributed by atoms with Gasteiger partial charge in [0, 0.05) is 49.1 Å². The molecule has 2 rings (SSSR count). The van der Waals surface area contributed by atoms with Crippen LogP contribution in [0.5, 0.6) is 0 Å². The van der Waals surface area contributed by atoms with Gasteiger partial charge in [-0.05, 0) is 34.5 Å². The first kappa shape index (κ1) is 13.9. The van der Waals surface area contributed by atoms with Gasteiger partial charge in [0.25, 0.3) is 0 Å². The minimum absolute atomic E-state index is 0. The molecule has 16 heavy (non-hydrogen) atoms. The lowest BCUT2D eigenvalue weighted by Crippen LogP contribution is -2.48. The summed E-state index contributed by atoms with van der Waals surface area (Å²) in [4.78, 5) is 6.64. The number of aromatic nitrogens is 1. The molecule has 0 aromatic carbocycles. The van der Waals surface area contributed by atoms with Gasteiger partial charge in [0.05, 0.1) is 0 Å². The van der Waals surface area contributed by atoms with E-state index >= 15 is 0 Å². The number of nitrogens with zero attached hydrogens (tertiary/aromatic N) is 2. The third-order valence-corrected chi connectivity index (χ3v) is 3.05. The molecule has 0 spiro atoms. The van der Waals surface area contributed by atoms with E-state index in [0.29, 0.717) is 6.04 Å². The molecule has 1 aromatic rings. The van der Waals surface area contributed by atoms with Crippen LogP contribution in [0.25, 0.3) is 0 Å². The third kappa shape index (κ3) is 4.01. The zero-order chi connectivity index (χ0) is 10.7. The van der Waals surface area contributed by atoms with Crippen LogP contribution in [0.1, 0.15) is 12.5 Å². The predicted molar refractivity (Wildman–Crippen MR) is 71.9 cm³/mol. The van der Waals surface area contributed by atoms with E-state index in [9.17, 15) is 0 Å². The van der Waals surface area contributed by atoms with Crippen LogP contribution in [0.4, 0.5) is 0 Å². The van der Waals surface area contributed by atoms with E-state index < -0.39 is 0 Å². The molecule has 1 aromatic heterocycles. The van der Waals surface area contributed by atoms with Crippen molar-refractivity contribution in [1.82, 2.24) is 15.2 Å². The lowest BCUT2D eigenvalue weighted by atomic mass is 10.2. The lowest BCUT2D eigenvalue weighted by molar-refractivity contribution is 0.199. The molecule has 0 amide bonds. The number of nitrogens with one attached hydrogen (secondary N) is 1. The van der Waals surface area contributed by atoms with Gasteiger partial charge in [-0.1, -0.05) is 0 Å². The Balaban J connectivity index is 0.00000128. The van der Waals surface area contributed by atoms with Gasteiger partial charge >= 0.3 is 0 Å². The van der Waals surface area contributed by atoms with Gasteiger partial charge < -0.3 is 5.32 Å². The summed E-state index contributed by atoms with van der Waals surface area (Å²) in [5.74, 6) is 0. The Morgan fingerprint density at radius 3 is 3.06 bits per heavy atom. The molecule has 1 unspecified atom stereocenters. The predicted octanol–water partition coefficient (Wildman–Crippen LogP) is 2.06. The van der Waals surface area contributed by atoms with Crippen molar-refractivity contribution < 1.29 is 0 Å². The van der Waals surface area contributed by atoms with E-state index in [1.54, 1.807) is 0 Å². The van der Waals surface area contributed by atoms with E-state index in [4.69, 9.17) is 0 Å². The zero-order valence-electron chi connectivity index (χ0n) is 9.32. The molecule has 1 aliphatic heterocycles. The smallest absolute Gasteiger partial charge is 0.0410 e. The standard InChI is InChI=1S/C11H16BrN3.ClH/c1-9-7-15(3-2-14-9)8-10-4-11(12)6-13-5-10;/h4-6,9,14H,2-3,7-8H2,1H3;1H. The summed E-state index contributed by atoms with van der Waals surface area (Å²) in [5, 5.41) is 3.44. The van der Waals surface area contributed by atoms with Crippen LogP contribution in [0, 0.1) is 0 Å². The Kier molecular flexibility index (Phi) is 5.69. The largest absolute Gasteiger partial charge is 0.312 e. The van der Waals surface area contributed by atoms with Gasteiger partial charge in [-0.2, -0.15) is 0 Å². The van der Waals surface area contributed by atoms with Crippen LogP contribution in [-0.4, -0.2) is 35.6 Å². The first-order valence-corrected chi connectivity index (χ1v) is 6.08. The average molecular weight is 307 g/mol. The molecule has 2 heterocycles. The summed E-state index contributed by atoms with van der Waals surface area (Å²) in [7, 11) is 0. The second-order valence-corrected chi connectivity index (χ2v) is 5.02. The molecule has 0 saturated carbocycles. The molecule has 1 fully saturated rings. The number of pyridine rings is 1. The normalized spacial score (nSPS) is 21.5. The quantitative estimate of drug-likeness (QED) is 0.906. The second-order valence-electron chi connectivity index (χ2n) is 4.10. The number of rotatable bonds is 2. The highest BCUT2D eigenvalue weighted by molar-refractivity contribution is 9.10. The molecule has 3 nitrogen and oxygen atoms in total. The Hall–Kier alpha value is -0.160. The molecular weight excluding hydrogens is 289 g/mol. The molecule has 1 atom stereocenters. The van der Waals surface area contributed by atoms with Gasteiger partial charge in [0.1, 0.15) is 0 Å². The van der Waals surface area contributed by atoms with E-state index in [2.05, 4.69) is 44.1 Å². The van der Waals surface area contributed by atoms with E-state index in [-0.39, 0.29) is 12.4 Å². The average Bonchev–Trinajstić information content (AvgIpc) is 2.17. The lowest BCUT2D eigenvalue weighted by Gasteiger charge is -2.31. The first-order chi connectivity index (χ1) is 7.24. The highest BCUT2D eigenvalue weighted by Crippen LogP contribution is 2.12. The fraction of sp³-hybridized carbons (Fsp3) is 0.545. The molecule has 0 radical (unpaired) electrons. The van der Waals surface area contributed by atoms with Gasteiger partial charge in [-0.25, -0.2) is 0 Å². The summed E-state index contributed by atoms with van der Waals surface area (Å²) >= 11 is 3.45. The van der Waals surface area contributed by atoms with Gasteiger partial charge in [-0.15, -0.1) is 12.4 Å². The summed E-state index contributed by atoms with van der Waals surface area (Å²) in [5.41, 5.74) is 1.28. The van der Waals surface area contributed by atoms with Gasteiger partial charge in [-0.3, -0.25) is 9.88 Å². The molecule has 1 saturated heterocycles. The van der Waals surface area contributed by atoms with Crippen molar-refractivity contribution in [2.24, 2.45) is 0 Å². The molecule has 5 heteroatoms. The molecule has 1 N–H and O–H groups in total. The summed E-state index contributed by atoms with van der Waals surface area (Å²) in [6.07, 6.45) is 3.77. The zero-order valence-corrected chi connectivity index (χ0v) is 11.7. The maximum Gasteiger partial charge on any atom is 0.0410 e. The minimum Gasteiger partial charge on any atom is -0.312 e. The topological polar surface area (TPSA) is 28.2 Å². The van der Waals surface area contributed by atoms with E-state index in [1.807, 2.05) is 12.4 Å². The van der Waals surface area contributed by atoms with Crippen molar-refractivity contribution in [2.75, 3.05) is 19.6 Å². The molecule has 1 aliphatic rings. The Morgan fingerprint density at radius 1 is 1.56 bits per heavy atom. The van der Waals surface area contributed by atoms with Crippen LogP contribution in [-0.2, 0) is 6.54 Å². The Bertz CT molecular complexity index is 335. The fourth-order valence-electron chi connectivity index (χ4n) is 1.96. The van der Waals surface area contributed by atoms with Gasteiger partial charge in [0.2, 0.25) is 0 Å². The number of hydrogen-bond acceptors (Lipinski definition) is 3. The summed E-state index contributed by atoms with van der Waals surface area (Å²) in [6, 6.07) is 2.73. The molecule has 0 bridgehead atoms. The second kappa shape index (κ2) is 6.55. The maximum atomic E-state index is 4.18. The van der Waals surface area contributed by atoms with Crippen molar-refractivity contribution in [3.63, 3.8) is 0 Å². The number of hydrogen-bond donors (Lipinski definition) is 1. The van der Waals surface area contributed by atoms with Crippen LogP contribution < -0.4 is 5.32 Å². The van der Waals surface area contributed by atoms with E-state index in [1.165, 1.54) is 5.56 Å². The monoisotopic (exact) mass is 305 g/mol. The molecular formula is C11H17BrClN3. The Labute approximate surface area is 111 Å². The minimum atomic E-state index is 0. The van der Waals surface area contributed by atoms with Crippen LogP contribution >= 0.6 is 28.3 Å². The fourth-order valence-corrected chi connectivity index (χ4v) is 2.37. The van der Waals surface area contributed by atoms with Gasteiger partial charge in [0.15, 0.2) is 0 Å². The molecule has 0 aliphatic carbocycles. The van der Waals surface area contributed by atoms with Crippen molar-refractivity contribution in [2.45, 2.75) is 19.5 Å². The van der Waals surface area contributed by atoms with Crippen molar-refractivity contribution in [3.05, 3.63) is 28.5 Å². The van der Waals surface area contributed by atoms with Crippen LogP contribution in [0.3, 0.4) is 0 Å². The highest BCUT2D eigenvalue weighted by atomic mass is 79.9. The number of halogens is 2. The van der Waals surface area contributed by atoms with E-state index in [0.717, 1.165) is 30.7 Å². The van der Waals surface area contributed by atoms with Crippen LogP contribution in [0.15, 0.2) is 22.9 Å².